The molecule has 1 aliphatic carbocycles. The Hall–Kier alpha value is -0.780. The fraction of sp³-hybridized carbons (Fsp3) is 0.929. The second-order valence-electron chi connectivity index (χ2n) is 6.12. The van der Waals surface area contributed by atoms with Crippen molar-refractivity contribution >= 4 is 5.91 Å². The number of carbonyl (C=O) groups is 1. The van der Waals surface area contributed by atoms with Crippen LogP contribution in [0.5, 0.6) is 0 Å². The highest BCUT2D eigenvalue weighted by molar-refractivity contribution is 5.79. The molecule has 1 unspecified atom stereocenters. The smallest absolute Gasteiger partial charge is 0.342 e. The predicted octanol–water partition coefficient (Wildman–Crippen LogP) is 2.55. The number of likely N-dealkylation sites (tertiary alicyclic amines) is 1. The lowest BCUT2D eigenvalue weighted by atomic mass is 9.81. The summed E-state index contributed by atoms with van der Waals surface area (Å²) in [5.74, 6) is -1.04. The summed E-state index contributed by atoms with van der Waals surface area (Å²) in [5, 5.41) is 0. The zero-order chi connectivity index (χ0) is 14.8. The first-order chi connectivity index (χ1) is 9.41. The molecule has 2 rings (SSSR count). The molecule has 20 heavy (non-hydrogen) atoms. The average Bonchev–Trinajstić information content (AvgIpc) is 2.46. The fourth-order valence-electron chi connectivity index (χ4n) is 3.35. The van der Waals surface area contributed by atoms with Gasteiger partial charge < -0.3 is 10.6 Å². The molecule has 0 aromatic rings. The molecular formula is C14H23F3N2O. The monoisotopic (exact) mass is 292 g/mol. The SMILES string of the molecule is NCC1CCC(C(=O)N2CCCC(C(F)(F)F)C2)CC1. The van der Waals surface area contributed by atoms with E-state index in [1.165, 1.54) is 4.90 Å². The van der Waals surface area contributed by atoms with Crippen molar-refractivity contribution in [3.05, 3.63) is 0 Å². The number of halogens is 3. The Kier molecular flexibility index (Phi) is 4.94. The van der Waals surface area contributed by atoms with Gasteiger partial charge in [0.15, 0.2) is 0 Å². The van der Waals surface area contributed by atoms with E-state index in [-0.39, 0.29) is 24.8 Å². The highest BCUT2D eigenvalue weighted by atomic mass is 19.4. The molecule has 2 N–H and O–H groups in total. The maximum absolute atomic E-state index is 12.8. The lowest BCUT2D eigenvalue weighted by Crippen LogP contribution is -2.47. The number of nitrogens with two attached hydrogens (primary N) is 1. The zero-order valence-corrected chi connectivity index (χ0v) is 11.7. The summed E-state index contributed by atoms with van der Waals surface area (Å²) < 4.78 is 38.3. The van der Waals surface area contributed by atoms with Crippen LogP contribution in [-0.2, 0) is 4.79 Å². The largest absolute Gasteiger partial charge is 0.393 e. The minimum Gasteiger partial charge on any atom is -0.342 e. The number of piperidine rings is 1. The lowest BCUT2D eigenvalue weighted by Gasteiger charge is -2.37. The van der Waals surface area contributed by atoms with Crippen LogP contribution >= 0.6 is 0 Å². The molecule has 0 bridgehead atoms. The van der Waals surface area contributed by atoms with Gasteiger partial charge in [0.1, 0.15) is 0 Å². The van der Waals surface area contributed by atoms with E-state index in [4.69, 9.17) is 5.73 Å². The van der Waals surface area contributed by atoms with Gasteiger partial charge in [-0.2, -0.15) is 13.2 Å². The summed E-state index contributed by atoms with van der Waals surface area (Å²) in [5.41, 5.74) is 5.61. The second-order valence-corrected chi connectivity index (χ2v) is 6.12. The van der Waals surface area contributed by atoms with Crippen molar-refractivity contribution < 1.29 is 18.0 Å². The normalized spacial score (nSPS) is 32.2. The first-order valence-electron chi connectivity index (χ1n) is 7.47. The maximum Gasteiger partial charge on any atom is 0.393 e. The van der Waals surface area contributed by atoms with Crippen LogP contribution in [0.1, 0.15) is 38.5 Å². The Balaban J connectivity index is 1.89. The molecule has 1 aliphatic heterocycles. The van der Waals surface area contributed by atoms with Gasteiger partial charge in [0.05, 0.1) is 5.92 Å². The molecule has 1 saturated carbocycles. The molecule has 0 spiro atoms. The minimum absolute atomic E-state index is 0.0746. The molecular weight excluding hydrogens is 269 g/mol. The Labute approximate surface area is 117 Å². The molecule has 6 heteroatoms. The van der Waals surface area contributed by atoms with Crippen LogP contribution in [0.2, 0.25) is 0 Å². The Morgan fingerprint density at radius 3 is 2.35 bits per heavy atom. The second kappa shape index (κ2) is 6.33. The third-order valence-corrected chi connectivity index (χ3v) is 4.73. The average molecular weight is 292 g/mol. The van der Waals surface area contributed by atoms with Gasteiger partial charge in [0, 0.05) is 19.0 Å². The Morgan fingerprint density at radius 2 is 1.80 bits per heavy atom. The number of rotatable bonds is 2. The number of alkyl halides is 3. The summed E-state index contributed by atoms with van der Waals surface area (Å²) >= 11 is 0. The van der Waals surface area contributed by atoms with Gasteiger partial charge in [-0.25, -0.2) is 0 Å². The Bertz CT molecular complexity index is 338. The van der Waals surface area contributed by atoms with E-state index in [2.05, 4.69) is 0 Å². The van der Waals surface area contributed by atoms with Crippen LogP contribution in [0.15, 0.2) is 0 Å². The van der Waals surface area contributed by atoms with Crippen molar-refractivity contribution in [2.24, 2.45) is 23.5 Å². The van der Waals surface area contributed by atoms with Crippen LogP contribution in [0.4, 0.5) is 13.2 Å². The van der Waals surface area contributed by atoms with Crippen molar-refractivity contribution in [3.8, 4) is 0 Å². The van der Waals surface area contributed by atoms with Gasteiger partial charge >= 0.3 is 6.18 Å². The van der Waals surface area contributed by atoms with E-state index in [0.29, 0.717) is 25.4 Å². The van der Waals surface area contributed by atoms with Crippen LogP contribution in [0, 0.1) is 17.8 Å². The number of hydrogen-bond donors (Lipinski definition) is 1. The molecule has 2 aliphatic rings. The van der Waals surface area contributed by atoms with E-state index in [1.54, 1.807) is 0 Å². The van der Waals surface area contributed by atoms with E-state index in [1.807, 2.05) is 0 Å². The van der Waals surface area contributed by atoms with Crippen LogP contribution < -0.4 is 5.73 Å². The van der Waals surface area contributed by atoms with Gasteiger partial charge in [0.25, 0.3) is 0 Å². The van der Waals surface area contributed by atoms with Crippen LogP contribution in [-0.4, -0.2) is 36.6 Å². The third-order valence-electron chi connectivity index (χ3n) is 4.73. The lowest BCUT2D eigenvalue weighted by molar-refractivity contribution is -0.188. The van der Waals surface area contributed by atoms with E-state index in [9.17, 15) is 18.0 Å². The summed E-state index contributed by atoms with van der Waals surface area (Å²) in [6, 6.07) is 0. The van der Waals surface area contributed by atoms with Crippen molar-refractivity contribution in [1.82, 2.24) is 4.90 Å². The maximum atomic E-state index is 12.8. The summed E-state index contributed by atoms with van der Waals surface area (Å²) in [4.78, 5) is 13.8. The quantitative estimate of drug-likeness (QED) is 0.850. The molecule has 0 aromatic carbocycles. The molecule has 0 radical (unpaired) electrons. The molecule has 3 nitrogen and oxygen atoms in total. The van der Waals surface area contributed by atoms with Gasteiger partial charge in [-0.1, -0.05) is 0 Å². The van der Waals surface area contributed by atoms with Crippen LogP contribution in [0.3, 0.4) is 0 Å². The van der Waals surface area contributed by atoms with Crippen molar-refractivity contribution in [2.45, 2.75) is 44.7 Å². The summed E-state index contributed by atoms with van der Waals surface area (Å²) in [6.45, 7) is 0.960. The highest BCUT2D eigenvalue weighted by Gasteiger charge is 2.43. The molecule has 1 atom stereocenters. The molecule has 1 amide bonds. The van der Waals surface area contributed by atoms with E-state index < -0.39 is 12.1 Å². The highest BCUT2D eigenvalue weighted by Crippen LogP contribution is 2.35. The third kappa shape index (κ3) is 3.65. The van der Waals surface area contributed by atoms with Gasteiger partial charge in [-0.3, -0.25) is 4.79 Å². The summed E-state index contributed by atoms with van der Waals surface area (Å²) in [6.07, 6.45) is -0.202. The molecule has 1 heterocycles. The Morgan fingerprint density at radius 1 is 1.15 bits per heavy atom. The van der Waals surface area contributed by atoms with Gasteiger partial charge in [-0.15, -0.1) is 0 Å². The first-order valence-corrected chi connectivity index (χ1v) is 7.47. The zero-order valence-electron chi connectivity index (χ0n) is 11.7. The van der Waals surface area contributed by atoms with Crippen molar-refractivity contribution in [2.75, 3.05) is 19.6 Å². The first kappa shape index (κ1) is 15.6. The molecule has 116 valence electrons. The van der Waals surface area contributed by atoms with Crippen molar-refractivity contribution in [1.29, 1.82) is 0 Å². The molecule has 0 aromatic heterocycles. The predicted molar refractivity (Wildman–Crippen MR) is 69.9 cm³/mol. The molecule has 1 saturated heterocycles. The summed E-state index contributed by atoms with van der Waals surface area (Å²) in [7, 11) is 0. The van der Waals surface area contributed by atoms with Gasteiger partial charge in [-0.05, 0) is 51.0 Å². The van der Waals surface area contributed by atoms with E-state index >= 15 is 0 Å². The minimum atomic E-state index is -4.18. The van der Waals surface area contributed by atoms with Gasteiger partial charge in [0.2, 0.25) is 5.91 Å². The number of hydrogen-bond acceptors (Lipinski definition) is 2. The number of amides is 1. The number of carbonyl (C=O) groups excluding carboxylic acids is 1. The van der Waals surface area contributed by atoms with Crippen molar-refractivity contribution in [3.63, 3.8) is 0 Å². The van der Waals surface area contributed by atoms with E-state index in [0.717, 1.165) is 25.7 Å². The topological polar surface area (TPSA) is 46.3 Å². The standard InChI is InChI=1S/C14H23F3N2O/c15-14(16,17)12-2-1-7-19(9-12)13(20)11-5-3-10(8-18)4-6-11/h10-12H,1-9,18H2. The fourth-order valence-corrected chi connectivity index (χ4v) is 3.35. The molecule has 2 fully saturated rings. The number of nitrogens with zero attached hydrogens (tertiary/aromatic N) is 1. The van der Waals surface area contributed by atoms with Crippen LogP contribution in [0.25, 0.3) is 0 Å².